The van der Waals surface area contributed by atoms with Gasteiger partial charge in [0.15, 0.2) is 11.5 Å². The number of carbonyl (C=O) groups excluding carboxylic acids is 1. The van der Waals surface area contributed by atoms with Gasteiger partial charge in [0.25, 0.3) is 5.56 Å². The van der Waals surface area contributed by atoms with Crippen LogP contribution in [0.15, 0.2) is 66.1 Å². The predicted molar refractivity (Wildman–Crippen MR) is 177 cm³/mol. The van der Waals surface area contributed by atoms with Crippen LogP contribution in [-0.4, -0.2) is 94.8 Å². The lowest BCUT2D eigenvalue weighted by Gasteiger charge is -2.36. The van der Waals surface area contributed by atoms with Gasteiger partial charge in [-0.2, -0.15) is 9.97 Å². The minimum atomic E-state index is -0.242. The average Bonchev–Trinajstić information content (AvgIpc) is 3.36. The van der Waals surface area contributed by atoms with Crippen LogP contribution < -0.4 is 20.5 Å². The fraction of sp³-hybridized carbons (Fsp3) is 0.424. The maximum atomic E-state index is 13.2. The fourth-order valence-corrected chi connectivity index (χ4v) is 5.23. The predicted octanol–water partition coefficient (Wildman–Crippen LogP) is 3.79. The fourth-order valence-electron chi connectivity index (χ4n) is 5.23. The smallest absolute Gasteiger partial charge is 0.278 e. The molecular weight excluding hydrogens is 588 g/mol. The van der Waals surface area contributed by atoms with E-state index in [1.54, 1.807) is 36.1 Å². The Morgan fingerprint density at radius 2 is 1.76 bits per heavy atom. The lowest BCUT2D eigenvalue weighted by Crippen LogP contribution is -2.49. The van der Waals surface area contributed by atoms with Crippen molar-refractivity contribution in [3.63, 3.8) is 0 Å². The molecule has 46 heavy (non-hydrogen) atoms. The van der Waals surface area contributed by atoms with Gasteiger partial charge in [0, 0.05) is 56.4 Å². The van der Waals surface area contributed by atoms with E-state index in [-0.39, 0.29) is 18.0 Å². The van der Waals surface area contributed by atoms with E-state index >= 15 is 0 Å². The monoisotopic (exact) mass is 630 g/mol. The van der Waals surface area contributed by atoms with Crippen LogP contribution >= 0.6 is 0 Å². The maximum Gasteiger partial charge on any atom is 0.278 e. The number of benzene rings is 1. The number of allylic oxidation sites excluding steroid dienone is 1. The molecule has 5 rings (SSSR count). The summed E-state index contributed by atoms with van der Waals surface area (Å²) in [4.78, 5) is 43.6. The normalized spacial score (nSPS) is 13.3. The number of nitrogens with one attached hydrogen (secondary N) is 1. The average molecular weight is 631 g/mol. The van der Waals surface area contributed by atoms with Crippen LogP contribution in [0.5, 0.6) is 5.88 Å². The van der Waals surface area contributed by atoms with Gasteiger partial charge in [-0.25, -0.2) is 14.3 Å². The van der Waals surface area contributed by atoms with E-state index in [1.807, 2.05) is 29.2 Å². The molecule has 0 aliphatic carbocycles. The Balaban J connectivity index is 1.18. The van der Waals surface area contributed by atoms with Crippen molar-refractivity contribution in [3.05, 3.63) is 71.7 Å². The topological polar surface area (TPSA) is 129 Å². The zero-order chi connectivity index (χ0) is 32.3. The highest BCUT2D eigenvalue weighted by Crippen LogP contribution is 2.23. The van der Waals surface area contributed by atoms with Gasteiger partial charge in [-0.15, -0.1) is 6.58 Å². The van der Waals surface area contributed by atoms with Crippen molar-refractivity contribution in [3.8, 4) is 11.7 Å². The van der Waals surface area contributed by atoms with Crippen molar-refractivity contribution in [2.45, 2.75) is 32.7 Å². The van der Waals surface area contributed by atoms with Crippen LogP contribution in [0.25, 0.3) is 16.9 Å². The number of carbonyl (C=O) groups is 1. The summed E-state index contributed by atoms with van der Waals surface area (Å²) in [6.45, 7) is 11.3. The Hall–Kier alpha value is -4.75. The number of piperazine rings is 1. The number of pyridine rings is 1. The minimum absolute atomic E-state index is 0.121. The SMILES string of the molecule is C=CCn1c(=O)c2cnc(Nc3ccc(N4CCN(C(=O)CCOCCOCCCC)CC4)cc3)nc2n1-c1cccc(OC)n1. The molecule has 0 spiro atoms. The van der Waals surface area contributed by atoms with E-state index in [4.69, 9.17) is 19.2 Å². The second-order valence-electron chi connectivity index (χ2n) is 10.8. The zero-order valence-electron chi connectivity index (χ0n) is 26.6. The van der Waals surface area contributed by atoms with Crippen molar-refractivity contribution < 1.29 is 19.0 Å². The molecule has 0 unspecified atom stereocenters. The summed E-state index contributed by atoms with van der Waals surface area (Å²) in [5.41, 5.74) is 2.04. The van der Waals surface area contributed by atoms with Crippen LogP contribution in [0.2, 0.25) is 0 Å². The molecule has 1 N–H and O–H groups in total. The highest BCUT2D eigenvalue weighted by Gasteiger charge is 2.22. The highest BCUT2D eigenvalue weighted by molar-refractivity contribution is 5.77. The molecule has 1 aliphatic heterocycles. The Kier molecular flexibility index (Phi) is 11.4. The quantitative estimate of drug-likeness (QED) is 0.144. The van der Waals surface area contributed by atoms with Gasteiger partial charge in [0.1, 0.15) is 5.39 Å². The number of methoxy groups -OCH3 is 1. The molecule has 3 aromatic heterocycles. The van der Waals surface area contributed by atoms with E-state index in [2.05, 4.69) is 33.7 Å². The van der Waals surface area contributed by atoms with Crippen LogP contribution in [0.3, 0.4) is 0 Å². The number of hydrogen-bond acceptors (Lipinski definition) is 10. The maximum absolute atomic E-state index is 13.2. The second kappa shape index (κ2) is 16.0. The zero-order valence-corrected chi connectivity index (χ0v) is 26.6. The number of aromatic nitrogens is 5. The summed E-state index contributed by atoms with van der Waals surface area (Å²) in [5.74, 6) is 1.37. The molecule has 13 nitrogen and oxygen atoms in total. The molecule has 0 radical (unpaired) electrons. The third-order valence-electron chi connectivity index (χ3n) is 7.71. The molecule has 4 aromatic rings. The van der Waals surface area contributed by atoms with Gasteiger partial charge < -0.3 is 29.3 Å². The van der Waals surface area contributed by atoms with Gasteiger partial charge in [-0.3, -0.25) is 9.59 Å². The first kappa shape index (κ1) is 32.6. The molecule has 1 fully saturated rings. The number of unbranched alkanes of at least 4 members (excludes halogenated alkanes) is 1. The summed E-state index contributed by atoms with van der Waals surface area (Å²) in [7, 11) is 1.54. The Morgan fingerprint density at radius 1 is 1.00 bits per heavy atom. The lowest BCUT2D eigenvalue weighted by molar-refractivity contribution is -0.132. The van der Waals surface area contributed by atoms with Gasteiger partial charge in [0.05, 0.1) is 39.9 Å². The largest absolute Gasteiger partial charge is 0.481 e. The van der Waals surface area contributed by atoms with E-state index < -0.39 is 0 Å². The van der Waals surface area contributed by atoms with Gasteiger partial charge in [0.2, 0.25) is 17.7 Å². The molecule has 0 saturated carbocycles. The molecule has 1 aliphatic rings. The minimum Gasteiger partial charge on any atom is -0.481 e. The first-order valence-electron chi connectivity index (χ1n) is 15.7. The third kappa shape index (κ3) is 7.90. The summed E-state index contributed by atoms with van der Waals surface area (Å²) < 4.78 is 19.5. The molecule has 1 aromatic carbocycles. The standard InChI is InChI=1S/C33H42N8O5/c1-4-6-20-45-22-23-46-21-14-30(42)39-18-16-38(17-19-39)26-12-10-25(11-13-26)35-33-34-24-27-31(37-33)41(40(15-5-2)32(27)43)28-8-7-9-29(36-28)44-3/h5,7-13,24H,2,4,6,14-23H2,1,3H3,(H,34,35,37). The number of hydrogen-bond donors (Lipinski definition) is 1. The van der Waals surface area contributed by atoms with Crippen molar-refractivity contribution >= 4 is 34.3 Å². The summed E-state index contributed by atoms with van der Waals surface area (Å²) in [6, 6.07) is 13.3. The summed E-state index contributed by atoms with van der Waals surface area (Å²) >= 11 is 0. The third-order valence-corrected chi connectivity index (χ3v) is 7.71. The molecule has 0 bridgehead atoms. The van der Waals surface area contributed by atoms with Crippen molar-refractivity contribution in [2.24, 2.45) is 0 Å². The first-order chi connectivity index (χ1) is 22.5. The van der Waals surface area contributed by atoms with Crippen LogP contribution in [0, 0.1) is 0 Å². The molecule has 13 heteroatoms. The highest BCUT2D eigenvalue weighted by atomic mass is 16.5. The second-order valence-corrected chi connectivity index (χ2v) is 10.8. The van der Waals surface area contributed by atoms with Crippen LogP contribution in [-0.2, 0) is 20.8 Å². The van der Waals surface area contributed by atoms with Crippen LogP contribution in [0.1, 0.15) is 26.2 Å². The molecule has 4 heterocycles. The van der Waals surface area contributed by atoms with Crippen molar-refractivity contribution in [2.75, 3.05) is 69.9 Å². The molecule has 1 amide bonds. The molecule has 244 valence electrons. The van der Waals surface area contributed by atoms with E-state index in [9.17, 15) is 9.59 Å². The lowest BCUT2D eigenvalue weighted by atomic mass is 10.2. The summed E-state index contributed by atoms with van der Waals surface area (Å²) in [5, 5.41) is 3.61. The number of ether oxygens (including phenoxy) is 3. The molecule has 1 saturated heterocycles. The number of rotatable bonds is 16. The first-order valence-corrected chi connectivity index (χ1v) is 15.7. The Morgan fingerprint density at radius 3 is 2.48 bits per heavy atom. The van der Waals surface area contributed by atoms with Crippen molar-refractivity contribution in [1.29, 1.82) is 0 Å². The van der Waals surface area contributed by atoms with Gasteiger partial charge >= 0.3 is 0 Å². The Bertz CT molecular complexity index is 1660. The summed E-state index contributed by atoms with van der Waals surface area (Å²) in [6.07, 6.45) is 5.72. The van der Waals surface area contributed by atoms with E-state index in [0.717, 1.165) is 43.9 Å². The Labute approximate surface area is 268 Å². The molecular formula is C33H42N8O5. The van der Waals surface area contributed by atoms with E-state index in [1.165, 1.54) is 10.9 Å². The van der Waals surface area contributed by atoms with E-state index in [0.29, 0.717) is 68.0 Å². The molecule has 0 atom stereocenters. The van der Waals surface area contributed by atoms with Gasteiger partial charge in [-0.1, -0.05) is 25.5 Å². The number of amides is 1. The number of fused-ring (bicyclic) bond motifs is 1. The van der Waals surface area contributed by atoms with Crippen molar-refractivity contribution in [1.82, 2.24) is 29.2 Å². The van der Waals surface area contributed by atoms with Gasteiger partial charge in [-0.05, 0) is 36.8 Å². The van der Waals surface area contributed by atoms with Crippen LogP contribution in [0.4, 0.5) is 17.3 Å². The number of anilines is 3. The number of nitrogens with zero attached hydrogens (tertiary/aromatic N) is 7.